The lowest BCUT2D eigenvalue weighted by Crippen LogP contribution is -2.19. The number of aromatic nitrogens is 3. The van der Waals surface area contributed by atoms with E-state index in [-0.39, 0.29) is 11.4 Å². The second kappa shape index (κ2) is 5.44. The van der Waals surface area contributed by atoms with Gasteiger partial charge < -0.3 is 9.47 Å². The van der Waals surface area contributed by atoms with Gasteiger partial charge in [-0.25, -0.2) is 9.37 Å². The minimum Gasteiger partial charge on any atom is -0.348 e. The monoisotopic (exact) mass is 336 g/mol. The first-order valence-electron chi connectivity index (χ1n) is 7.92. The third kappa shape index (κ3) is 2.21. The quantitative estimate of drug-likeness (QED) is 0.565. The maximum atomic E-state index is 14.0. The summed E-state index contributed by atoms with van der Waals surface area (Å²) >= 11 is 0. The van der Waals surface area contributed by atoms with Gasteiger partial charge in [-0.3, -0.25) is 9.36 Å². The molecule has 0 fully saturated rings. The van der Waals surface area contributed by atoms with Crippen LogP contribution in [0.1, 0.15) is 0 Å². The van der Waals surface area contributed by atoms with Crippen molar-refractivity contribution in [3.63, 3.8) is 0 Å². The van der Waals surface area contributed by atoms with E-state index in [2.05, 4.69) is 4.98 Å². The molecule has 4 aromatic rings. The normalized spacial score (nSPS) is 11.4. The van der Waals surface area contributed by atoms with Crippen molar-refractivity contribution in [2.24, 2.45) is 7.05 Å². The Balaban J connectivity index is 2.27. The molecule has 4 rings (SSSR count). The Labute approximate surface area is 143 Å². The van der Waals surface area contributed by atoms with Crippen LogP contribution >= 0.6 is 0 Å². The number of para-hydroxylation sites is 1. The summed E-state index contributed by atoms with van der Waals surface area (Å²) < 4.78 is 17.3. The van der Waals surface area contributed by atoms with Crippen molar-refractivity contribution in [3.05, 3.63) is 64.7 Å². The van der Waals surface area contributed by atoms with Gasteiger partial charge in [-0.05, 0) is 30.3 Å². The van der Waals surface area contributed by atoms with Gasteiger partial charge in [0.25, 0.3) is 5.56 Å². The summed E-state index contributed by atoms with van der Waals surface area (Å²) in [6.07, 6.45) is 0. The first kappa shape index (κ1) is 15.4. The third-order valence-corrected chi connectivity index (χ3v) is 4.35. The van der Waals surface area contributed by atoms with Crippen LogP contribution in [0.4, 0.5) is 10.3 Å². The molecule has 5 nitrogen and oxygen atoms in total. The van der Waals surface area contributed by atoms with E-state index in [9.17, 15) is 9.18 Å². The molecule has 0 N–H and O–H groups in total. The van der Waals surface area contributed by atoms with Gasteiger partial charge in [0.1, 0.15) is 5.82 Å². The predicted molar refractivity (Wildman–Crippen MR) is 98.1 cm³/mol. The SMILES string of the molecule is CN(C)c1nc2c(=O)n(-c3ccccc3)c3cc(F)ccc3c2n1C. The van der Waals surface area contributed by atoms with Crippen molar-refractivity contribution in [2.75, 3.05) is 19.0 Å². The van der Waals surface area contributed by atoms with Crippen LogP contribution in [-0.2, 0) is 7.05 Å². The third-order valence-electron chi connectivity index (χ3n) is 4.35. The Morgan fingerprint density at radius 3 is 2.48 bits per heavy atom. The summed E-state index contributed by atoms with van der Waals surface area (Å²) in [7, 11) is 5.61. The van der Waals surface area contributed by atoms with E-state index < -0.39 is 0 Å². The molecule has 2 aromatic carbocycles. The van der Waals surface area contributed by atoms with E-state index in [1.54, 1.807) is 6.07 Å². The molecule has 2 heterocycles. The molecule has 0 atom stereocenters. The molecule has 0 aliphatic carbocycles. The lowest BCUT2D eigenvalue weighted by Gasteiger charge is -2.13. The summed E-state index contributed by atoms with van der Waals surface area (Å²) in [5.41, 5.74) is 2.02. The molecule has 0 radical (unpaired) electrons. The molecule has 0 bridgehead atoms. The molecule has 0 aliphatic rings. The largest absolute Gasteiger partial charge is 0.348 e. The molecule has 0 amide bonds. The van der Waals surface area contributed by atoms with Gasteiger partial charge in [0.2, 0.25) is 5.95 Å². The Morgan fingerprint density at radius 2 is 1.80 bits per heavy atom. The van der Waals surface area contributed by atoms with Crippen molar-refractivity contribution < 1.29 is 4.39 Å². The number of hydrogen-bond donors (Lipinski definition) is 0. The number of imidazole rings is 1. The standard InChI is InChI=1S/C19H17FN4O/c1-22(2)19-21-16-17(23(19)3)14-10-9-12(20)11-15(14)24(18(16)25)13-7-5-4-6-8-13/h4-11H,1-3H3. The summed E-state index contributed by atoms with van der Waals surface area (Å²) in [6, 6.07) is 13.7. The van der Waals surface area contributed by atoms with Gasteiger partial charge in [0, 0.05) is 32.2 Å². The first-order valence-corrected chi connectivity index (χ1v) is 7.92. The van der Waals surface area contributed by atoms with Crippen molar-refractivity contribution >= 4 is 27.9 Å². The Morgan fingerprint density at radius 1 is 1.08 bits per heavy atom. The molecule has 2 aromatic heterocycles. The predicted octanol–water partition coefficient (Wildman–Crippen LogP) is 3.08. The molecule has 0 aliphatic heterocycles. The summed E-state index contributed by atoms with van der Waals surface area (Å²) in [5, 5.41) is 0.781. The van der Waals surface area contributed by atoms with Crippen molar-refractivity contribution in [2.45, 2.75) is 0 Å². The van der Waals surface area contributed by atoms with Crippen molar-refractivity contribution in [1.82, 2.24) is 14.1 Å². The smallest absolute Gasteiger partial charge is 0.283 e. The molecule has 0 saturated heterocycles. The number of benzene rings is 2. The molecule has 6 heteroatoms. The molecule has 0 spiro atoms. The summed E-state index contributed by atoms with van der Waals surface area (Å²) in [4.78, 5) is 19.6. The number of fused-ring (bicyclic) bond motifs is 3. The van der Waals surface area contributed by atoms with E-state index >= 15 is 0 Å². The zero-order valence-electron chi connectivity index (χ0n) is 14.2. The van der Waals surface area contributed by atoms with Crippen molar-refractivity contribution in [3.8, 4) is 5.69 Å². The molecular weight excluding hydrogens is 319 g/mol. The highest BCUT2D eigenvalue weighted by atomic mass is 19.1. The Hall–Kier alpha value is -3.15. The van der Waals surface area contributed by atoms with Crippen LogP contribution in [-0.4, -0.2) is 28.2 Å². The Bertz CT molecular complexity index is 1160. The van der Waals surface area contributed by atoms with Crippen LogP contribution in [0.15, 0.2) is 53.3 Å². The fraction of sp³-hybridized carbons (Fsp3) is 0.158. The molecule has 0 unspecified atom stereocenters. The lowest BCUT2D eigenvalue weighted by atomic mass is 10.1. The topological polar surface area (TPSA) is 43.1 Å². The van der Waals surface area contributed by atoms with E-state index in [0.29, 0.717) is 28.2 Å². The lowest BCUT2D eigenvalue weighted by molar-refractivity contribution is 0.629. The highest BCUT2D eigenvalue weighted by Crippen LogP contribution is 2.28. The van der Waals surface area contributed by atoms with Gasteiger partial charge in [-0.1, -0.05) is 18.2 Å². The van der Waals surface area contributed by atoms with Gasteiger partial charge in [-0.15, -0.1) is 0 Å². The van der Waals surface area contributed by atoms with E-state index in [1.807, 2.05) is 60.9 Å². The fourth-order valence-electron chi connectivity index (χ4n) is 3.28. The molecular formula is C19H17FN4O. The summed E-state index contributed by atoms with van der Waals surface area (Å²) in [5.74, 6) is 0.287. The molecule has 25 heavy (non-hydrogen) atoms. The van der Waals surface area contributed by atoms with Crippen LogP contribution in [0.3, 0.4) is 0 Å². The number of hydrogen-bond acceptors (Lipinski definition) is 3. The van der Waals surface area contributed by atoms with Crippen LogP contribution in [0.5, 0.6) is 0 Å². The first-order chi connectivity index (χ1) is 12.0. The minimum absolute atomic E-state index is 0.261. The van der Waals surface area contributed by atoms with Crippen LogP contribution in [0.2, 0.25) is 0 Å². The number of nitrogens with zero attached hydrogens (tertiary/aromatic N) is 4. The molecule has 0 saturated carbocycles. The average molecular weight is 336 g/mol. The highest BCUT2D eigenvalue weighted by molar-refractivity contribution is 6.04. The number of pyridine rings is 1. The number of halogens is 1. The average Bonchev–Trinajstić information content (AvgIpc) is 2.94. The summed E-state index contributed by atoms with van der Waals surface area (Å²) in [6.45, 7) is 0. The van der Waals surface area contributed by atoms with Crippen LogP contribution < -0.4 is 10.5 Å². The zero-order chi connectivity index (χ0) is 17.7. The van der Waals surface area contributed by atoms with Gasteiger partial charge in [-0.2, -0.15) is 0 Å². The highest BCUT2D eigenvalue weighted by Gasteiger charge is 2.19. The van der Waals surface area contributed by atoms with Gasteiger partial charge >= 0.3 is 0 Å². The number of anilines is 1. The maximum absolute atomic E-state index is 14.0. The second-order valence-electron chi connectivity index (χ2n) is 6.20. The number of aryl methyl sites for hydroxylation is 1. The minimum atomic E-state index is -0.383. The zero-order valence-corrected chi connectivity index (χ0v) is 14.2. The fourth-order valence-corrected chi connectivity index (χ4v) is 3.28. The second-order valence-corrected chi connectivity index (χ2v) is 6.20. The molecule has 126 valence electrons. The van der Waals surface area contributed by atoms with E-state index in [4.69, 9.17) is 0 Å². The maximum Gasteiger partial charge on any atom is 0.283 e. The van der Waals surface area contributed by atoms with Crippen molar-refractivity contribution in [1.29, 1.82) is 0 Å². The van der Waals surface area contributed by atoms with E-state index in [1.165, 1.54) is 16.7 Å². The van der Waals surface area contributed by atoms with Crippen LogP contribution in [0, 0.1) is 5.82 Å². The van der Waals surface area contributed by atoms with Gasteiger partial charge in [0.05, 0.1) is 11.0 Å². The van der Waals surface area contributed by atoms with E-state index in [0.717, 1.165) is 5.39 Å². The van der Waals surface area contributed by atoms with Gasteiger partial charge in [0.15, 0.2) is 5.52 Å². The number of rotatable bonds is 2. The van der Waals surface area contributed by atoms with Crippen LogP contribution in [0.25, 0.3) is 27.6 Å². The Kier molecular flexibility index (Phi) is 3.35.